The molecular formula is C39H40ClF6N3O8S2. The van der Waals surface area contributed by atoms with Crippen LogP contribution in [-0.4, -0.2) is 66.5 Å². The predicted octanol–water partition coefficient (Wildman–Crippen LogP) is 8.28. The topological polar surface area (TPSA) is 171 Å². The molecule has 2 aliphatic carbocycles. The van der Waals surface area contributed by atoms with Crippen LogP contribution < -0.4 is 25.8 Å². The molecule has 0 aromatic heterocycles. The molecule has 0 heterocycles. The van der Waals surface area contributed by atoms with E-state index in [9.17, 15) is 52.8 Å². The van der Waals surface area contributed by atoms with Gasteiger partial charge in [-0.25, -0.2) is 43.2 Å². The smallest absolute Gasteiger partial charge is 0.261 e. The molecule has 11 nitrogen and oxygen atoms in total. The molecule has 6 rings (SSSR count). The first kappa shape index (κ1) is 46.8. The van der Waals surface area contributed by atoms with Crippen molar-refractivity contribution in [3.8, 4) is 11.5 Å². The first-order valence-corrected chi connectivity index (χ1v) is 21.5. The van der Waals surface area contributed by atoms with Crippen molar-refractivity contribution in [2.24, 2.45) is 11.7 Å². The lowest BCUT2D eigenvalue weighted by Gasteiger charge is -2.34. The summed E-state index contributed by atoms with van der Waals surface area (Å²) in [5.74, 6) is -7.98. The molecule has 4 aromatic carbocycles. The van der Waals surface area contributed by atoms with E-state index in [0.717, 1.165) is 12.1 Å². The van der Waals surface area contributed by atoms with Crippen molar-refractivity contribution in [3.63, 3.8) is 0 Å². The van der Waals surface area contributed by atoms with Gasteiger partial charge in [-0.15, -0.1) is 0 Å². The van der Waals surface area contributed by atoms with Crippen LogP contribution in [0.2, 0.25) is 0 Å². The largest absolute Gasteiger partial charge is 0.496 e. The number of benzene rings is 4. The monoisotopic (exact) mass is 891 g/mol. The predicted molar refractivity (Wildman–Crippen MR) is 209 cm³/mol. The number of alkyl halides is 4. The molecule has 4 aromatic rings. The number of anilines is 2. The van der Waals surface area contributed by atoms with Gasteiger partial charge in [0.25, 0.3) is 26.8 Å². The maximum Gasteiger partial charge on any atom is 0.261 e. The number of aryl methyl sites for hydroxylation is 2. The zero-order valence-electron chi connectivity index (χ0n) is 31.9. The lowest BCUT2D eigenvalue weighted by atomic mass is 9.83. The van der Waals surface area contributed by atoms with Crippen LogP contribution in [0.4, 0.5) is 37.7 Å². The Morgan fingerprint density at radius 3 is 1.44 bits per heavy atom. The molecule has 2 amide bonds. The highest BCUT2D eigenvalue weighted by Crippen LogP contribution is 2.43. The average molecular weight is 892 g/mol. The number of methoxy groups -OCH3 is 2. The molecule has 2 aliphatic rings. The highest BCUT2D eigenvalue weighted by molar-refractivity contribution is 8.13. The molecule has 0 atom stereocenters. The molecule has 0 unspecified atom stereocenters. The van der Waals surface area contributed by atoms with E-state index in [1.807, 2.05) is 0 Å². The van der Waals surface area contributed by atoms with Crippen LogP contribution in [0.25, 0.3) is 0 Å². The fraction of sp³-hybridized carbons (Fsp3) is 0.333. The Bertz CT molecular complexity index is 2420. The standard InChI is InChI=1S/C20H20F3NO4S.C15H13ClFNO4S.C4H7F2N/c1-12-7-14(3-5-17(12)21)24-19(25)16-8-15(4-6-18(16)28-2)29(26,27)11-13-9-20(22,23)10-13;1-9-7-10(3-5-13(9)17)18-15(19)12-8-11(23(16,20)21)4-6-14(12)22-2;5-4(6)1-3(7)2-4/h3-8,13H,9-11H2,1-2H3,(H,24,25);3-8H,1-2H3,(H,18,19);3H,1-2,7H2. The Hall–Kier alpha value is -4.85. The summed E-state index contributed by atoms with van der Waals surface area (Å²) in [5.41, 5.74) is 6.45. The number of halogens is 7. The Morgan fingerprint density at radius 2 is 1.10 bits per heavy atom. The number of hydrogen-bond acceptors (Lipinski definition) is 9. The molecule has 20 heteroatoms. The van der Waals surface area contributed by atoms with Crippen molar-refractivity contribution >= 4 is 52.8 Å². The number of rotatable bonds is 10. The lowest BCUT2D eigenvalue weighted by Crippen LogP contribution is -2.45. The second kappa shape index (κ2) is 18.6. The average Bonchev–Trinajstić information content (AvgIpc) is 3.12. The number of nitrogens with two attached hydrogens (primary N) is 1. The molecule has 2 saturated carbocycles. The van der Waals surface area contributed by atoms with Crippen LogP contribution >= 0.6 is 10.7 Å². The molecule has 2 fully saturated rings. The lowest BCUT2D eigenvalue weighted by molar-refractivity contribution is -0.103. The fourth-order valence-electron chi connectivity index (χ4n) is 5.93. The third-order valence-electron chi connectivity index (χ3n) is 9.05. The second-order valence-corrected chi connectivity index (χ2v) is 18.5. The zero-order chi connectivity index (χ0) is 44.1. The van der Waals surface area contributed by atoms with Crippen LogP contribution in [0.5, 0.6) is 11.5 Å². The zero-order valence-corrected chi connectivity index (χ0v) is 34.3. The van der Waals surface area contributed by atoms with Crippen LogP contribution in [0.1, 0.15) is 57.5 Å². The minimum absolute atomic E-state index is 0.00352. The molecule has 0 spiro atoms. The van der Waals surface area contributed by atoms with Gasteiger partial charge in [-0.05, 0) is 104 Å². The number of amides is 2. The van der Waals surface area contributed by atoms with Gasteiger partial charge >= 0.3 is 0 Å². The number of nitrogens with one attached hydrogen (secondary N) is 2. The highest BCUT2D eigenvalue weighted by Gasteiger charge is 2.47. The number of ether oxygens (including phenoxy) is 2. The van der Waals surface area contributed by atoms with Gasteiger partial charge in [0.2, 0.25) is 5.92 Å². The van der Waals surface area contributed by atoms with Crippen molar-refractivity contribution < 1.29 is 62.2 Å². The first-order chi connectivity index (χ1) is 27.3. The molecule has 4 N–H and O–H groups in total. The van der Waals surface area contributed by atoms with Gasteiger partial charge in [-0.2, -0.15) is 0 Å². The van der Waals surface area contributed by atoms with Gasteiger partial charge in [0.15, 0.2) is 9.84 Å². The minimum Gasteiger partial charge on any atom is -0.496 e. The molecular weight excluding hydrogens is 852 g/mol. The van der Waals surface area contributed by atoms with Crippen molar-refractivity contribution in [2.75, 3.05) is 30.6 Å². The Balaban J connectivity index is 0.000000227. The molecule has 0 bridgehead atoms. The van der Waals surface area contributed by atoms with E-state index in [-0.39, 0.29) is 51.3 Å². The second-order valence-electron chi connectivity index (χ2n) is 13.9. The van der Waals surface area contributed by atoms with E-state index >= 15 is 0 Å². The minimum atomic E-state index is -3.98. The Morgan fingerprint density at radius 1 is 0.695 bits per heavy atom. The van der Waals surface area contributed by atoms with Crippen molar-refractivity contribution in [1.29, 1.82) is 0 Å². The summed E-state index contributed by atoms with van der Waals surface area (Å²) in [6, 6.07) is 15.3. The number of hydrogen-bond donors (Lipinski definition) is 3. The summed E-state index contributed by atoms with van der Waals surface area (Å²) < 4.78 is 134. The van der Waals surface area contributed by atoms with Crippen molar-refractivity contribution in [1.82, 2.24) is 0 Å². The fourth-order valence-corrected chi connectivity index (χ4v) is 8.33. The summed E-state index contributed by atoms with van der Waals surface area (Å²) in [6.45, 7) is 3.11. The van der Waals surface area contributed by atoms with Crippen molar-refractivity contribution in [3.05, 3.63) is 107 Å². The van der Waals surface area contributed by atoms with Gasteiger partial charge < -0.3 is 25.8 Å². The Kier molecular flexibility index (Phi) is 14.8. The summed E-state index contributed by atoms with van der Waals surface area (Å²) in [5, 5.41) is 5.13. The summed E-state index contributed by atoms with van der Waals surface area (Å²) in [7, 11) is 0.132. The molecule has 320 valence electrons. The highest BCUT2D eigenvalue weighted by atomic mass is 35.7. The van der Waals surface area contributed by atoms with Crippen LogP contribution in [0.15, 0.2) is 82.6 Å². The molecule has 0 saturated heterocycles. The van der Waals surface area contributed by atoms with Gasteiger partial charge in [0.05, 0.1) is 40.9 Å². The van der Waals surface area contributed by atoms with E-state index < -0.39 is 78.7 Å². The van der Waals surface area contributed by atoms with E-state index in [1.165, 1.54) is 74.9 Å². The van der Waals surface area contributed by atoms with Gasteiger partial charge in [0.1, 0.15) is 23.1 Å². The van der Waals surface area contributed by atoms with Crippen LogP contribution in [0.3, 0.4) is 0 Å². The van der Waals surface area contributed by atoms with Gasteiger partial charge in [0, 0.05) is 53.8 Å². The van der Waals surface area contributed by atoms with Crippen LogP contribution in [-0.2, 0) is 18.9 Å². The quantitative estimate of drug-likeness (QED) is 0.105. The number of carbonyl (C=O) groups excluding carboxylic acids is 2. The van der Waals surface area contributed by atoms with Gasteiger partial charge in [-0.3, -0.25) is 9.59 Å². The van der Waals surface area contributed by atoms with E-state index in [2.05, 4.69) is 10.6 Å². The molecule has 0 aliphatic heterocycles. The molecule has 0 radical (unpaired) electrons. The number of carbonyl (C=O) groups is 2. The first-order valence-electron chi connectivity index (χ1n) is 17.5. The molecule has 59 heavy (non-hydrogen) atoms. The van der Waals surface area contributed by atoms with E-state index in [0.29, 0.717) is 22.5 Å². The van der Waals surface area contributed by atoms with Crippen LogP contribution in [0, 0.1) is 31.4 Å². The van der Waals surface area contributed by atoms with E-state index in [4.69, 9.17) is 25.9 Å². The summed E-state index contributed by atoms with van der Waals surface area (Å²) in [4.78, 5) is 24.6. The number of sulfone groups is 1. The SMILES string of the molecule is COc1ccc(S(=O)(=O)CC2CC(F)(F)C2)cc1C(=O)Nc1ccc(F)c(C)c1.COc1ccc(S(=O)(=O)Cl)cc1C(=O)Nc1ccc(F)c(C)c1.NC1CC(F)(F)C1. The maximum atomic E-state index is 13.4. The summed E-state index contributed by atoms with van der Waals surface area (Å²) >= 11 is 0. The third-order valence-corrected chi connectivity index (χ3v) is 12.3. The third kappa shape index (κ3) is 12.8. The normalized spacial score (nSPS) is 15.8. The maximum absolute atomic E-state index is 13.4. The van der Waals surface area contributed by atoms with Gasteiger partial charge in [-0.1, -0.05) is 0 Å². The Labute approximate surface area is 341 Å². The summed E-state index contributed by atoms with van der Waals surface area (Å²) in [6.07, 6.45) is -1.15. The van der Waals surface area contributed by atoms with Crippen molar-refractivity contribution in [2.45, 2.75) is 67.2 Å². The van der Waals surface area contributed by atoms with E-state index in [1.54, 1.807) is 13.8 Å².